The fraction of sp³-hybridized carbons (Fsp3) is 0.385. The lowest BCUT2D eigenvalue weighted by Gasteiger charge is -2.12. The molecule has 1 aromatic rings. The third-order valence-corrected chi connectivity index (χ3v) is 2.28. The van der Waals surface area contributed by atoms with Gasteiger partial charge in [-0.2, -0.15) is 0 Å². The highest BCUT2D eigenvalue weighted by molar-refractivity contribution is 5.93. The molecule has 0 radical (unpaired) electrons. The number of carbonyl (C=O) groups is 2. The van der Waals surface area contributed by atoms with Gasteiger partial charge in [-0.1, -0.05) is 6.07 Å². The molecule has 0 atom stereocenters. The number of rotatable bonds is 6. The van der Waals surface area contributed by atoms with Crippen molar-refractivity contribution in [2.75, 3.05) is 11.9 Å². The Morgan fingerprint density at radius 3 is 2.67 bits per heavy atom. The van der Waals surface area contributed by atoms with Gasteiger partial charge in [-0.15, -0.1) is 0 Å². The van der Waals surface area contributed by atoms with E-state index < -0.39 is 5.97 Å². The van der Waals surface area contributed by atoms with Crippen LogP contribution in [0.5, 0.6) is 5.75 Å². The molecule has 5 heteroatoms. The van der Waals surface area contributed by atoms with Crippen LogP contribution in [0.1, 0.15) is 25.3 Å². The van der Waals surface area contributed by atoms with Crippen LogP contribution in [-0.2, 0) is 9.59 Å². The Hall–Kier alpha value is -2.04. The summed E-state index contributed by atoms with van der Waals surface area (Å²) in [4.78, 5) is 21.9. The summed E-state index contributed by atoms with van der Waals surface area (Å²) in [6, 6.07) is 5.44. The Kier molecular flexibility index (Phi) is 5.17. The lowest BCUT2D eigenvalue weighted by atomic mass is 10.2. The SMILES string of the molecule is CCOc1cc(C)ccc1NC(=O)CCC(=O)O. The number of ether oxygens (including phenoxy) is 1. The first-order chi connectivity index (χ1) is 8.52. The van der Waals surface area contributed by atoms with Crippen LogP contribution < -0.4 is 10.1 Å². The van der Waals surface area contributed by atoms with Crippen LogP contribution in [0, 0.1) is 6.92 Å². The van der Waals surface area contributed by atoms with Gasteiger partial charge in [0.05, 0.1) is 18.7 Å². The molecule has 0 unspecified atom stereocenters. The van der Waals surface area contributed by atoms with E-state index in [9.17, 15) is 9.59 Å². The molecule has 0 fully saturated rings. The Morgan fingerprint density at radius 1 is 1.33 bits per heavy atom. The molecule has 1 amide bonds. The Labute approximate surface area is 106 Å². The molecule has 1 aromatic carbocycles. The molecule has 1 rings (SSSR count). The molecule has 18 heavy (non-hydrogen) atoms. The highest BCUT2D eigenvalue weighted by Gasteiger charge is 2.09. The Bertz CT molecular complexity index is 443. The van der Waals surface area contributed by atoms with E-state index in [0.29, 0.717) is 18.0 Å². The van der Waals surface area contributed by atoms with Gasteiger partial charge < -0.3 is 15.2 Å². The molecule has 0 bridgehead atoms. The summed E-state index contributed by atoms with van der Waals surface area (Å²) in [5.74, 6) is -0.720. The van der Waals surface area contributed by atoms with E-state index in [4.69, 9.17) is 9.84 Å². The van der Waals surface area contributed by atoms with Crippen molar-refractivity contribution in [1.29, 1.82) is 0 Å². The van der Waals surface area contributed by atoms with E-state index in [1.54, 1.807) is 6.07 Å². The zero-order valence-corrected chi connectivity index (χ0v) is 10.5. The lowest BCUT2D eigenvalue weighted by Crippen LogP contribution is -2.14. The number of carboxylic acids is 1. The molecule has 0 saturated heterocycles. The van der Waals surface area contributed by atoms with Crippen LogP contribution in [0.3, 0.4) is 0 Å². The van der Waals surface area contributed by atoms with Gasteiger partial charge in [-0.3, -0.25) is 9.59 Å². The maximum absolute atomic E-state index is 11.5. The Morgan fingerprint density at radius 2 is 2.06 bits per heavy atom. The van der Waals surface area contributed by atoms with Crippen LogP contribution >= 0.6 is 0 Å². The summed E-state index contributed by atoms with van der Waals surface area (Å²) in [5.41, 5.74) is 1.60. The summed E-state index contributed by atoms with van der Waals surface area (Å²) < 4.78 is 5.41. The van der Waals surface area contributed by atoms with Crippen LogP contribution in [0.15, 0.2) is 18.2 Å². The number of benzene rings is 1. The lowest BCUT2D eigenvalue weighted by molar-refractivity contribution is -0.138. The second-order valence-corrected chi connectivity index (χ2v) is 3.87. The third-order valence-electron chi connectivity index (χ3n) is 2.28. The van der Waals surface area contributed by atoms with Gasteiger partial charge >= 0.3 is 5.97 Å². The fourth-order valence-electron chi connectivity index (χ4n) is 1.44. The molecule has 2 N–H and O–H groups in total. The molecular weight excluding hydrogens is 234 g/mol. The molecule has 0 aliphatic carbocycles. The monoisotopic (exact) mass is 251 g/mol. The predicted molar refractivity (Wildman–Crippen MR) is 67.8 cm³/mol. The number of anilines is 1. The molecule has 0 aromatic heterocycles. The third kappa shape index (κ3) is 4.45. The number of nitrogens with one attached hydrogen (secondary N) is 1. The number of carboxylic acid groups (broad SMARTS) is 1. The van der Waals surface area contributed by atoms with E-state index in [2.05, 4.69) is 5.32 Å². The first-order valence-electron chi connectivity index (χ1n) is 5.78. The number of aryl methyl sites for hydroxylation is 1. The van der Waals surface area contributed by atoms with Crippen molar-refractivity contribution in [2.45, 2.75) is 26.7 Å². The van der Waals surface area contributed by atoms with E-state index in [0.717, 1.165) is 5.56 Å². The van der Waals surface area contributed by atoms with Crippen molar-refractivity contribution < 1.29 is 19.4 Å². The summed E-state index contributed by atoms with van der Waals surface area (Å²) in [6.07, 6.45) is -0.226. The molecule has 5 nitrogen and oxygen atoms in total. The van der Waals surface area contributed by atoms with Crippen molar-refractivity contribution in [1.82, 2.24) is 0 Å². The van der Waals surface area contributed by atoms with Gasteiger partial charge in [0.25, 0.3) is 0 Å². The topological polar surface area (TPSA) is 75.6 Å². The van der Waals surface area contributed by atoms with Gasteiger partial charge in [0.15, 0.2) is 0 Å². The van der Waals surface area contributed by atoms with Crippen molar-refractivity contribution in [3.8, 4) is 5.75 Å². The molecule has 0 spiro atoms. The van der Waals surface area contributed by atoms with Gasteiger partial charge in [0.1, 0.15) is 5.75 Å². The van der Waals surface area contributed by atoms with Gasteiger partial charge in [-0.25, -0.2) is 0 Å². The Balaban J connectivity index is 2.70. The van der Waals surface area contributed by atoms with Crippen LogP contribution in [0.4, 0.5) is 5.69 Å². The van der Waals surface area contributed by atoms with Gasteiger partial charge in [0.2, 0.25) is 5.91 Å². The average Bonchev–Trinajstić information content (AvgIpc) is 2.30. The maximum atomic E-state index is 11.5. The largest absolute Gasteiger partial charge is 0.492 e. The van der Waals surface area contributed by atoms with Crippen LogP contribution in [-0.4, -0.2) is 23.6 Å². The second-order valence-electron chi connectivity index (χ2n) is 3.87. The fourth-order valence-corrected chi connectivity index (χ4v) is 1.44. The molecule has 98 valence electrons. The van der Waals surface area contributed by atoms with Crippen LogP contribution in [0.25, 0.3) is 0 Å². The number of carbonyl (C=O) groups excluding carboxylic acids is 1. The maximum Gasteiger partial charge on any atom is 0.303 e. The zero-order chi connectivity index (χ0) is 13.5. The number of hydrogen-bond donors (Lipinski definition) is 2. The minimum atomic E-state index is -0.987. The van der Waals surface area contributed by atoms with Crippen molar-refractivity contribution >= 4 is 17.6 Å². The van der Waals surface area contributed by atoms with E-state index in [1.165, 1.54) is 0 Å². The summed E-state index contributed by atoms with van der Waals surface area (Å²) in [7, 11) is 0. The first-order valence-corrected chi connectivity index (χ1v) is 5.78. The summed E-state index contributed by atoms with van der Waals surface area (Å²) >= 11 is 0. The van der Waals surface area contributed by atoms with Crippen molar-refractivity contribution in [3.05, 3.63) is 23.8 Å². The number of hydrogen-bond acceptors (Lipinski definition) is 3. The zero-order valence-electron chi connectivity index (χ0n) is 10.5. The summed E-state index contributed by atoms with van der Waals surface area (Å²) in [5, 5.41) is 11.1. The number of amides is 1. The molecule has 0 aliphatic rings. The molecule has 0 saturated carbocycles. The summed E-state index contributed by atoms with van der Waals surface area (Å²) in [6.45, 7) is 4.29. The molecular formula is C13H17NO4. The van der Waals surface area contributed by atoms with E-state index in [1.807, 2.05) is 26.0 Å². The van der Waals surface area contributed by atoms with E-state index >= 15 is 0 Å². The second kappa shape index (κ2) is 6.64. The van der Waals surface area contributed by atoms with Crippen LogP contribution in [0.2, 0.25) is 0 Å². The normalized spacial score (nSPS) is 9.89. The van der Waals surface area contributed by atoms with Gasteiger partial charge in [-0.05, 0) is 31.5 Å². The average molecular weight is 251 g/mol. The minimum Gasteiger partial charge on any atom is -0.492 e. The highest BCUT2D eigenvalue weighted by Crippen LogP contribution is 2.25. The minimum absolute atomic E-state index is 0.0469. The highest BCUT2D eigenvalue weighted by atomic mass is 16.5. The standard InChI is InChI=1S/C13H17NO4/c1-3-18-11-8-9(2)4-5-10(11)14-12(15)6-7-13(16)17/h4-5,8H,3,6-7H2,1-2H3,(H,14,15)(H,16,17). The quantitative estimate of drug-likeness (QED) is 0.812. The first kappa shape index (κ1) is 14.0. The smallest absolute Gasteiger partial charge is 0.303 e. The van der Waals surface area contributed by atoms with Crippen molar-refractivity contribution in [2.24, 2.45) is 0 Å². The van der Waals surface area contributed by atoms with E-state index in [-0.39, 0.29) is 18.7 Å². The molecule has 0 aliphatic heterocycles. The molecule has 0 heterocycles. The van der Waals surface area contributed by atoms with Crippen molar-refractivity contribution in [3.63, 3.8) is 0 Å². The predicted octanol–water partition coefficient (Wildman–Crippen LogP) is 2.20. The number of aliphatic carboxylic acids is 1. The van der Waals surface area contributed by atoms with Gasteiger partial charge in [0, 0.05) is 6.42 Å².